The molecule has 0 saturated heterocycles. The minimum Gasteiger partial charge on any atom is -0.327 e. The number of pyridine rings is 1. The zero-order chi connectivity index (χ0) is 14.1. The first-order valence-electron chi connectivity index (χ1n) is 6.02. The normalized spacial score (nSPS) is 10.9. The number of benzene rings is 1. The van der Waals surface area contributed by atoms with Crippen LogP contribution in [0, 0.1) is 11.6 Å². The van der Waals surface area contributed by atoms with E-state index < -0.39 is 11.6 Å². The van der Waals surface area contributed by atoms with E-state index >= 15 is 0 Å². The molecule has 0 spiro atoms. The highest BCUT2D eigenvalue weighted by molar-refractivity contribution is 5.95. The van der Waals surface area contributed by atoms with E-state index in [1.54, 1.807) is 29.1 Å². The third-order valence-corrected chi connectivity index (χ3v) is 3.18. The Bertz CT molecular complexity index is 775. The van der Waals surface area contributed by atoms with Crippen molar-refractivity contribution in [1.29, 1.82) is 0 Å². The minimum atomic E-state index is -0.615. The van der Waals surface area contributed by atoms with Crippen LogP contribution in [0.3, 0.4) is 0 Å². The molecule has 100 valence electrons. The first-order chi connectivity index (χ1) is 9.70. The van der Waals surface area contributed by atoms with Gasteiger partial charge in [0.25, 0.3) is 0 Å². The van der Waals surface area contributed by atoms with E-state index in [-0.39, 0.29) is 12.1 Å². The summed E-state index contributed by atoms with van der Waals surface area (Å²) < 4.78 is 28.9. The number of rotatable bonds is 3. The Balaban J connectivity index is 2.14. The third-order valence-electron chi connectivity index (χ3n) is 3.18. The Morgan fingerprint density at radius 2 is 1.90 bits per heavy atom. The highest BCUT2D eigenvalue weighted by Gasteiger charge is 2.13. The molecule has 0 amide bonds. The Labute approximate surface area is 113 Å². The molecule has 0 radical (unpaired) electrons. The summed E-state index contributed by atoms with van der Waals surface area (Å²) in [7, 11) is 0. The van der Waals surface area contributed by atoms with Gasteiger partial charge in [-0.25, -0.2) is 13.8 Å². The standard InChI is InChI=1S/C15H10F2N2O/c16-13-4-1-5-14(17)12(13)8-19-7-10(9-20)11-3-2-6-18-15(11)19/h1-7,9H,8H2. The molecule has 0 atom stereocenters. The summed E-state index contributed by atoms with van der Waals surface area (Å²) in [6, 6.07) is 7.19. The number of carbonyl (C=O) groups excluding carboxylic acids is 1. The molecule has 20 heavy (non-hydrogen) atoms. The topological polar surface area (TPSA) is 34.9 Å². The largest absolute Gasteiger partial charge is 0.327 e. The van der Waals surface area contributed by atoms with Crippen LogP contribution in [-0.2, 0) is 6.54 Å². The van der Waals surface area contributed by atoms with Gasteiger partial charge in [0.05, 0.1) is 6.54 Å². The van der Waals surface area contributed by atoms with Crippen molar-refractivity contribution in [3.05, 3.63) is 65.5 Å². The summed E-state index contributed by atoms with van der Waals surface area (Å²) in [5.74, 6) is -1.23. The summed E-state index contributed by atoms with van der Waals surface area (Å²) in [4.78, 5) is 15.2. The first-order valence-corrected chi connectivity index (χ1v) is 6.02. The van der Waals surface area contributed by atoms with Crippen molar-refractivity contribution in [1.82, 2.24) is 9.55 Å². The van der Waals surface area contributed by atoms with Crippen LogP contribution in [0.25, 0.3) is 11.0 Å². The first kappa shape index (κ1) is 12.5. The Kier molecular flexibility index (Phi) is 3.02. The minimum absolute atomic E-state index is 0.0140. The fourth-order valence-corrected chi connectivity index (χ4v) is 2.22. The van der Waals surface area contributed by atoms with E-state index in [4.69, 9.17) is 0 Å². The van der Waals surface area contributed by atoms with Crippen LogP contribution >= 0.6 is 0 Å². The van der Waals surface area contributed by atoms with Crippen LogP contribution in [0.2, 0.25) is 0 Å². The molecule has 3 nitrogen and oxygen atoms in total. The van der Waals surface area contributed by atoms with E-state index in [2.05, 4.69) is 4.98 Å². The summed E-state index contributed by atoms with van der Waals surface area (Å²) in [5.41, 5.74) is 0.926. The number of nitrogens with zero attached hydrogens (tertiary/aromatic N) is 2. The fourth-order valence-electron chi connectivity index (χ4n) is 2.22. The zero-order valence-electron chi connectivity index (χ0n) is 10.4. The average Bonchev–Trinajstić information content (AvgIpc) is 2.81. The number of hydrogen-bond donors (Lipinski definition) is 0. The lowest BCUT2D eigenvalue weighted by Crippen LogP contribution is -2.04. The van der Waals surface area contributed by atoms with Gasteiger partial charge in [0.2, 0.25) is 0 Å². The summed E-state index contributed by atoms with van der Waals surface area (Å²) in [6.07, 6.45) is 3.83. The molecule has 0 aliphatic rings. The molecule has 5 heteroatoms. The van der Waals surface area contributed by atoms with Crippen LogP contribution < -0.4 is 0 Å². The molecule has 1 aromatic carbocycles. The Morgan fingerprint density at radius 3 is 2.60 bits per heavy atom. The molecule has 3 aromatic rings. The zero-order valence-corrected chi connectivity index (χ0v) is 10.4. The fraction of sp³-hybridized carbons (Fsp3) is 0.0667. The quantitative estimate of drug-likeness (QED) is 0.686. The van der Waals surface area contributed by atoms with Crippen molar-refractivity contribution < 1.29 is 13.6 Å². The van der Waals surface area contributed by atoms with Crippen molar-refractivity contribution in [3.8, 4) is 0 Å². The number of fused-ring (bicyclic) bond motifs is 1. The predicted octanol–water partition coefficient (Wildman–Crippen LogP) is 3.18. The molecular weight excluding hydrogens is 262 g/mol. The van der Waals surface area contributed by atoms with Gasteiger partial charge < -0.3 is 4.57 Å². The molecule has 0 aliphatic heterocycles. The van der Waals surface area contributed by atoms with Gasteiger partial charge in [-0.3, -0.25) is 4.79 Å². The molecule has 0 saturated carbocycles. The second-order valence-corrected chi connectivity index (χ2v) is 4.40. The molecule has 0 unspecified atom stereocenters. The molecule has 0 fully saturated rings. The molecule has 3 rings (SSSR count). The van der Waals surface area contributed by atoms with E-state index in [0.717, 1.165) is 0 Å². The maximum Gasteiger partial charge on any atom is 0.152 e. The lowest BCUT2D eigenvalue weighted by molar-refractivity contribution is 0.112. The molecule has 0 bridgehead atoms. The number of aromatic nitrogens is 2. The monoisotopic (exact) mass is 272 g/mol. The van der Waals surface area contributed by atoms with Gasteiger partial charge in [-0.05, 0) is 24.3 Å². The molecular formula is C15H10F2N2O. The van der Waals surface area contributed by atoms with Crippen LogP contribution in [0.15, 0.2) is 42.7 Å². The summed E-state index contributed by atoms with van der Waals surface area (Å²) in [6.45, 7) is -0.0140. The van der Waals surface area contributed by atoms with E-state index in [1.165, 1.54) is 18.2 Å². The third kappa shape index (κ3) is 1.97. The second-order valence-electron chi connectivity index (χ2n) is 4.40. The maximum absolute atomic E-state index is 13.7. The predicted molar refractivity (Wildman–Crippen MR) is 70.6 cm³/mol. The molecule has 2 aromatic heterocycles. The Hall–Kier alpha value is -2.56. The van der Waals surface area contributed by atoms with E-state index in [0.29, 0.717) is 22.9 Å². The summed E-state index contributed by atoms with van der Waals surface area (Å²) in [5, 5.41) is 0.666. The van der Waals surface area contributed by atoms with Crippen molar-refractivity contribution in [2.45, 2.75) is 6.54 Å². The van der Waals surface area contributed by atoms with Crippen molar-refractivity contribution in [2.75, 3.05) is 0 Å². The van der Waals surface area contributed by atoms with E-state index in [9.17, 15) is 13.6 Å². The van der Waals surface area contributed by atoms with Gasteiger partial charge in [0.15, 0.2) is 6.29 Å². The SMILES string of the molecule is O=Cc1cn(Cc2c(F)cccc2F)c2ncccc12. The molecule has 0 aliphatic carbocycles. The number of carbonyl (C=O) groups is 1. The Morgan fingerprint density at radius 1 is 1.15 bits per heavy atom. The molecule has 0 N–H and O–H groups in total. The highest BCUT2D eigenvalue weighted by Crippen LogP contribution is 2.21. The smallest absolute Gasteiger partial charge is 0.152 e. The van der Waals surface area contributed by atoms with Crippen molar-refractivity contribution in [2.24, 2.45) is 0 Å². The lowest BCUT2D eigenvalue weighted by atomic mass is 10.2. The van der Waals surface area contributed by atoms with Crippen molar-refractivity contribution in [3.63, 3.8) is 0 Å². The van der Waals surface area contributed by atoms with Gasteiger partial charge >= 0.3 is 0 Å². The number of aldehydes is 1. The van der Waals surface area contributed by atoms with Gasteiger partial charge in [0, 0.05) is 28.9 Å². The summed E-state index contributed by atoms with van der Waals surface area (Å²) >= 11 is 0. The van der Waals surface area contributed by atoms with Gasteiger partial charge in [-0.15, -0.1) is 0 Å². The van der Waals surface area contributed by atoms with Crippen LogP contribution in [-0.4, -0.2) is 15.8 Å². The average molecular weight is 272 g/mol. The lowest BCUT2D eigenvalue weighted by Gasteiger charge is -2.07. The molecule has 2 heterocycles. The van der Waals surface area contributed by atoms with E-state index in [1.807, 2.05) is 0 Å². The van der Waals surface area contributed by atoms with Crippen LogP contribution in [0.1, 0.15) is 15.9 Å². The second kappa shape index (κ2) is 4.85. The van der Waals surface area contributed by atoms with Crippen molar-refractivity contribution >= 4 is 17.3 Å². The van der Waals surface area contributed by atoms with Crippen LogP contribution in [0.5, 0.6) is 0 Å². The van der Waals surface area contributed by atoms with Gasteiger partial charge in [-0.1, -0.05) is 6.07 Å². The number of halogens is 2. The highest BCUT2D eigenvalue weighted by atomic mass is 19.1. The maximum atomic E-state index is 13.7. The van der Waals surface area contributed by atoms with Crippen LogP contribution in [0.4, 0.5) is 8.78 Å². The van der Waals surface area contributed by atoms with Gasteiger partial charge in [0.1, 0.15) is 17.3 Å². The number of hydrogen-bond acceptors (Lipinski definition) is 2. The van der Waals surface area contributed by atoms with Gasteiger partial charge in [-0.2, -0.15) is 0 Å².